The summed E-state index contributed by atoms with van der Waals surface area (Å²) in [7, 11) is 0. The average Bonchev–Trinajstić information content (AvgIpc) is 3.42. The Hall–Kier alpha value is -4.26. The first-order valence-corrected chi connectivity index (χ1v) is 13.1. The van der Waals surface area contributed by atoms with Gasteiger partial charge in [0.15, 0.2) is 0 Å². The molecule has 0 saturated heterocycles. The van der Waals surface area contributed by atoms with Gasteiger partial charge in [-0.3, -0.25) is 0 Å². The largest absolute Gasteiger partial charge is 0.478 e. The van der Waals surface area contributed by atoms with Crippen molar-refractivity contribution < 1.29 is 18.7 Å². The first-order chi connectivity index (χ1) is 18.7. The molecular formula is C32H31F2N3O2. The molecule has 0 fully saturated rings. The van der Waals surface area contributed by atoms with Gasteiger partial charge in [0, 0.05) is 29.6 Å². The molecule has 3 aromatic carbocycles. The van der Waals surface area contributed by atoms with Crippen LogP contribution in [-0.4, -0.2) is 26.9 Å². The van der Waals surface area contributed by atoms with Crippen LogP contribution in [0, 0.1) is 0 Å². The second-order valence-electron chi connectivity index (χ2n) is 10.3. The Balaban J connectivity index is 1.58. The lowest BCUT2D eigenvalue weighted by Crippen LogP contribution is -2.42. The minimum absolute atomic E-state index is 0.0796. The van der Waals surface area contributed by atoms with Crippen molar-refractivity contribution >= 4 is 17.7 Å². The maximum Gasteiger partial charge on any atom is 0.333 e. The van der Waals surface area contributed by atoms with Crippen LogP contribution in [0.5, 0.6) is 0 Å². The number of rotatable bonds is 7. The molecular weight excluding hydrogens is 496 g/mol. The van der Waals surface area contributed by atoms with Gasteiger partial charge in [0.1, 0.15) is 0 Å². The molecule has 1 aliphatic heterocycles. The molecule has 5 rings (SSSR count). The van der Waals surface area contributed by atoms with E-state index in [1.165, 1.54) is 23.5 Å². The number of hydrogen-bond donors (Lipinski definition) is 1. The molecule has 1 aliphatic rings. The van der Waals surface area contributed by atoms with E-state index in [1.54, 1.807) is 6.08 Å². The van der Waals surface area contributed by atoms with Gasteiger partial charge >= 0.3 is 12.5 Å². The third kappa shape index (κ3) is 5.48. The molecule has 39 heavy (non-hydrogen) atoms. The third-order valence-electron chi connectivity index (χ3n) is 7.37. The van der Waals surface area contributed by atoms with Crippen LogP contribution in [0.15, 0.2) is 85.2 Å². The number of fused-ring (bicyclic) bond motifs is 1. The number of aliphatic carboxylic acids is 1. The molecule has 2 heterocycles. The molecule has 1 aromatic heterocycles. The van der Waals surface area contributed by atoms with Gasteiger partial charge in [-0.15, -0.1) is 0 Å². The fourth-order valence-electron chi connectivity index (χ4n) is 5.38. The zero-order valence-corrected chi connectivity index (χ0v) is 22.1. The molecule has 5 nitrogen and oxygen atoms in total. The predicted molar refractivity (Wildman–Crippen MR) is 150 cm³/mol. The SMILES string of the molecule is CC(C)c1ccc(N2C(C)Cc3cc(-c4cnn(C(F)F)c4)ccc3C2c2ccc(/C=C/C(=O)O)cc2)cc1. The summed E-state index contributed by atoms with van der Waals surface area (Å²) in [6.45, 7) is 3.89. The zero-order chi connectivity index (χ0) is 27.7. The van der Waals surface area contributed by atoms with Gasteiger partial charge in [-0.1, -0.05) is 68.4 Å². The second kappa shape index (κ2) is 10.8. The van der Waals surface area contributed by atoms with Crippen molar-refractivity contribution in [3.05, 3.63) is 113 Å². The Morgan fingerprint density at radius 1 is 1.03 bits per heavy atom. The van der Waals surface area contributed by atoms with E-state index in [0.717, 1.165) is 40.4 Å². The number of benzene rings is 3. The van der Waals surface area contributed by atoms with Crippen LogP contribution in [0.2, 0.25) is 0 Å². The van der Waals surface area contributed by atoms with E-state index in [-0.39, 0.29) is 12.1 Å². The fourth-order valence-corrected chi connectivity index (χ4v) is 5.38. The highest BCUT2D eigenvalue weighted by Crippen LogP contribution is 2.42. The van der Waals surface area contributed by atoms with Gasteiger partial charge in [-0.05, 0) is 70.9 Å². The first-order valence-electron chi connectivity index (χ1n) is 13.1. The van der Waals surface area contributed by atoms with Crippen molar-refractivity contribution in [3.8, 4) is 11.1 Å². The summed E-state index contributed by atoms with van der Waals surface area (Å²) in [5.41, 5.74) is 8.13. The van der Waals surface area contributed by atoms with Gasteiger partial charge in [0.05, 0.1) is 12.2 Å². The topological polar surface area (TPSA) is 58.4 Å². The molecule has 2 unspecified atom stereocenters. The Kier molecular flexibility index (Phi) is 7.33. The lowest BCUT2D eigenvalue weighted by atomic mass is 9.83. The highest BCUT2D eigenvalue weighted by Gasteiger charge is 2.33. The number of carbonyl (C=O) groups is 1. The number of aromatic nitrogens is 2. The predicted octanol–water partition coefficient (Wildman–Crippen LogP) is 7.71. The molecule has 200 valence electrons. The van der Waals surface area contributed by atoms with E-state index in [2.05, 4.69) is 67.2 Å². The van der Waals surface area contributed by atoms with Crippen molar-refractivity contribution in [2.45, 2.75) is 51.7 Å². The summed E-state index contributed by atoms with van der Waals surface area (Å²) in [6, 6.07) is 22.9. The number of alkyl halides is 2. The van der Waals surface area contributed by atoms with Crippen LogP contribution >= 0.6 is 0 Å². The molecule has 2 atom stereocenters. The van der Waals surface area contributed by atoms with Crippen molar-refractivity contribution in [1.29, 1.82) is 0 Å². The maximum absolute atomic E-state index is 13.1. The van der Waals surface area contributed by atoms with Crippen LogP contribution < -0.4 is 4.90 Å². The van der Waals surface area contributed by atoms with Gasteiger partial charge in [-0.2, -0.15) is 13.9 Å². The number of carboxylic acid groups (broad SMARTS) is 1. The van der Waals surface area contributed by atoms with Crippen LogP contribution in [-0.2, 0) is 11.2 Å². The first kappa shape index (κ1) is 26.4. The number of nitrogens with zero attached hydrogens (tertiary/aromatic N) is 3. The normalized spacial score (nSPS) is 17.3. The summed E-state index contributed by atoms with van der Waals surface area (Å²) in [5.74, 6) is -0.548. The van der Waals surface area contributed by atoms with Crippen LogP contribution in [0.3, 0.4) is 0 Å². The third-order valence-corrected chi connectivity index (χ3v) is 7.37. The summed E-state index contributed by atoms with van der Waals surface area (Å²) in [5, 5.41) is 12.8. The highest BCUT2D eigenvalue weighted by molar-refractivity contribution is 5.85. The molecule has 4 aromatic rings. The molecule has 0 radical (unpaired) electrons. The summed E-state index contributed by atoms with van der Waals surface area (Å²) in [4.78, 5) is 13.4. The molecule has 0 bridgehead atoms. The van der Waals surface area contributed by atoms with Crippen molar-refractivity contribution in [2.24, 2.45) is 0 Å². The Morgan fingerprint density at radius 3 is 2.36 bits per heavy atom. The lowest BCUT2D eigenvalue weighted by Gasteiger charge is -2.44. The van der Waals surface area contributed by atoms with Gasteiger partial charge in [-0.25, -0.2) is 9.48 Å². The zero-order valence-electron chi connectivity index (χ0n) is 22.1. The van der Waals surface area contributed by atoms with Crippen LogP contribution in [0.1, 0.15) is 67.1 Å². The summed E-state index contributed by atoms with van der Waals surface area (Å²) < 4.78 is 26.9. The van der Waals surface area contributed by atoms with Gasteiger partial charge in [0.25, 0.3) is 0 Å². The number of hydrogen-bond acceptors (Lipinski definition) is 3. The van der Waals surface area contributed by atoms with Crippen LogP contribution in [0.4, 0.5) is 14.5 Å². The standard InChI is InChI=1S/C32H31F2N3O2/c1-20(2)23-9-12-28(13-10-23)37-21(3)16-26-17-25(27-18-35-36(19-27)32(33)34)11-14-29(26)31(37)24-7-4-22(5-8-24)6-15-30(38)39/h4-15,17-21,31-32H,16H2,1-3H3,(H,38,39)/b15-6+. The maximum atomic E-state index is 13.1. The molecule has 7 heteroatoms. The van der Waals surface area contributed by atoms with E-state index >= 15 is 0 Å². The Bertz CT molecular complexity index is 1490. The van der Waals surface area contributed by atoms with Gasteiger partial charge < -0.3 is 10.0 Å². The summed E-state index contributed by atoms with van der Waals surface area (Å²) in [6.07, 6.45) is 6.37. The van der Waals surface area contributed by atoms with Crippen molar-refractivity contribution in [2.75, 3.05) is 4.90 Å². The molecule has 0 aliphatic carbocycles. The summed E-state index contributed by atoms with van der Waals surface area (Å²) >= 11 is 0. The smallest absolute Gasteiger partial charge is 0.333 e. The monoisotopic (exact) mass is 527 g/mol. The van der Waals surface area contributed by atoms with E-state index < -0.39 is 12.5 Å². The number of halogens is 2. The lowest BCUT2D eigenvalue weighted by molar-refractivity contribution is -0.131. The number of carboxylic acids is 1. The Labute approximate surface area is 227 Å². The fraction of sp³-hybridized carbons (Fsp3) is 0.250. The van der Waals surface area contributed by atoms with Crippen molar-refractivity contribution in [3.63, 3.8) is 0 Å². The number of anilines is 1. The van der Waals surface area contributed by atoms with E-state index in [0.29, 0.717) is 16.2 Å². The molecule has 0 amide bonds. The van der Waals surface area contributed by atoms with Gasteiger partial charge in [0.2, 0.25) is 0 Å². The van der Waals surface area contributed by atoms with E-state index in [1.807, 2.05) is 30.3 Å². The molecule has 0 saturated carbocycles. The van der Waals surface area contributed by atoms with E-state index in [4.69, 9.17) is 5.11 Å². The van der Waals surface area contributed by atoms with E-state index in [9.17, 15) is 13.6 Å². The molecule has 1 N–H and O–H groups in total. The van der Waals surface area contributed by atoms with Crippen molar-refractivity contribution in [1.82, 2.24) is 9.78 Å². The Morgan fingerprint density at radius 2 is 1.74 bits per heavy atom. The second-order valence-corrected chi connectivity index (χ2v) is 10.3. The minimum Gasteiger partial charge on any atom is -0.478 e. The van der Waals surface area contributed by atoms with Crippen LogP contribution in [0.25, 0.3) is 17.2 Å². The molecule has 0 spiro atoms. The highest BCUT2D eigenvalue weighted by atomic mass is 19.3. The quantitative estimate of drug-likeness (QED) is 0.250. The minimum atomic E-state index is -2.68. The average molecular weight is 528 g/mol.